The van der Waals surface area contributed by atoms with Gasteiger partial charge < -0.3 is 4.57 Å². The van der Waals surface area contributed by atoms with Gasteiger partial charge in [0.1, 0.15) is 5.75 Å². The van der Waals surface area contributed by atoms with Crippen LogP contribution in [-0.4, -0.2) is 24.5 Å². The second-order valence-electron chi connectivity index (χ2n) is 5.02. The number of rotatable bonds is 5. The quantitative estimate of drug-likeness (QED) is 0.798. The van der Waals surface area contributed by atoms with E-state index in [0.717, 1.165) is 17.9 Å². The van der Waals surface area contributed by atoms with Crippen LogP contribution in [0.1, 0.15) is 28.7 Å². The van der Waals surface area contributed by atoms with Gasteiger partial charge in [-0.3, -0.25) is 4.79 Å². The van der Waals surface area contributed by atoms with Crippen LogP contribution in [0.2, 0.25) is 0 Å². The molecular formula is C16H19NO3S. The number of aromatic nitrogens is 1. The van der Waals surface area contributed by atoms with Crippen LogP contribution in [0.25, 0.3) is 0 Å². The van der Waals surface area contributed by atoms with E-state index in [-0.39, 0.29) is 10.7 Å². The van der Waals surface area contributed by atoms with Gasteiger partial charge in [-0.05, 0) is 39.0 Å². The summed E-state index contributed by atoms with van der Waals surface area (Å²) in [6.07, 6.45) is 0. The van der Waals surface area contributed by atoms with Crippen LogP contribution in [0.15, 0.2) is 41.3 Å². The Morgan fingerprint density at radius 2 is 1.76 bits per heavy atom. The normalized spacial score (nSPS) is 11.6. The minimum absolute atomic E-state index is 0.183. The number of hydrogen-bond donors (Lipinski definition) is 0. The summed E-state index contributed by atoms with van der Waals surface area (Å²) < 4.78 is 26.5. The number of Topliss-reactive ketones (excluding diaryl/α,β-unsaturated/α-hetero) is 1. The summed E-state index contributed by atoms with van der Waals surface area (Å²) in [5, 5.41) is 0. The van der Waals surface area contributed by atoms with E-state index in [4.69, 9.17) is 0 Å². The minimum Gasteiger partial charge on any atom is -0.349 e. The van der Waals surface area contributed by atoms with Crippen LogP contribution in [0.5, 0.6) is 0 Å². The molecule has 2 aromatic rings. The summed E-state index contributed by atoms with van der Waals surface area (Å²) in [6, 6.07) is 9.84. The topological polar surface area (TPSA) is 56.1 Å². The molecule has 0 saturated heterocycles. The highest BCUT2D eigenvalue weighted by Crippen LogP contribution is 2.18. The van der Waals surface area contributed by atoms with Crippen LogP contribution in [0.3, 0.4) is 0 Å². The molecule has 1 aromatic carbocycles. The lowest BCUT2D eigenvalue weighted by Gasteiger charge is -2.06. The van der Waals surface area contributed by atoms with Gasteiger partial charge >= 0.3 is 0 Å². The van der Waals surface area contributed by atoms with Gasteiger partial charge in [-0.15, -0.1) is 0 Å². The summed E-state index contributed by atoms with van der Waals surface area (Å²) in [6.45, 7) is 6.52. The van der Waals surface area contributed by atoms with Gasteiger partial charge in [-0.25, -0.2) is 8.42 Å². The third-order valence-electron chi connectivity index (χ3n) is 3.61. The Morgan fingerprint density at radius 3 is 2.29 bits per heavy atom. The summed E-state index contributed by atoms with van der Waals surface area (Å²) in [7, 11) is -3.59. The van der Waals surface area contributed by atoms with Gasteiger partial charge in [0.15, 0.2) is 15.6 Å². The number of benzene rings is 1. The second kappa shape index (κ2) is 5.85. The number of aryl methyl sites for hydroxylation is 1. The van der Waals surface area contributed by atoms with Crippen molar-refractivity contribution in [2.24, 2.45) is 0 Å². The standard InChI is InChI=1S/C16H19NO3S/c1-4-17-12(2)10-15(13(17)3)16(18)11-21(19,20)14-8-6-5-7-9-14/h5-10H,4,11H2,1-3H3. The summed E-state index contributed by atoms with van der Waals surface area (Å²) in [5.41, 5.74) is 2.28. The zero-order chi connectivity index (χ0) is 15.6. The molecule has 1 heterocycles. The highest BCUT2D eigenvalue weighted by atomic mass is 32.2. The average Bonchev–Trinajstić information content (AvgIpc) is 2.74. The molecule has 0 aliphatic heterocycles. The van der Waals surface area contributed by atoms with Crippen molar-refractivity contribution in [3.63, 3.8) is 0 Å². The van der Waals surface area contributed by atoms with Gasteiger partial charge in [0.25, 0.3) is 0 Å². The Balaban J connectivity index is 2.31. The van der Waals surface area contributed by atoms with E-state index in [0.29, 0.717) is 5.56 Å². The van der Waals surface area contributed by atoms with Crippen LogP contribution in [0, 0.1) is 13.8 Å². The van der Waals surface area contributed by atoms with E-state index in [1.54, 1.807) is 24.3 Å². The van der Waals surface area contributed by atoms with Crippen molar-refractivity contribution in [1.29, 1.82) is 0 Å². The molecule has 0 amide bonds. The first-order chi connectivity index (χ1) is 9.86. The molecule has 21 heavy (non-hydrogen) atoms. The Labute approximate surface area is 125 Å². The summed E-state index contributed by atoms with van der Waals surface area (Å²) in [4.78, 5) is 12.5. The summed E-state index contributed by atoms with van der Waals surface area (Å²) in [5.74, 6) is -0.850. The van der Waals surface area contributed by atoms with Gasteiger partial charge in [0, 0.05) is 23.5 Å². The average molecular weight is 305 g/mol. The first kappa shape index (κ1) is 15.5. The molecular weight excluding hydrogens is 286 g/mol. The third kappa shape index (κ3) is 3.08. The van der Waals surface area contributed by atoms with Crippen molar-refractivity contribution in [3.8, 4) is 0 Å². The molecule has 0 unspecified atom stereocenters. The number of sulfone groups is 1. The van der Waals surface area contributed by atoms with E-state index < -0.39 is 15.6 Å². The fourth-order valence-electron chi connectivity index (χ4n) is 2.53. The lowest BCUT2D eigenvalue weighted by atomic mass is 10.2. The second-order valence-corrected chi connectivity index (χ2v) is 7.01. The maximum absolute atomic E-state index is 12.3. The van der Waals surface area contributed by atoms with Gasteiger partial charge in [0.2, 0.25) is 0 Å². The Kier molecular flexibility index (Phi) is 4.32. The molecule has 0 spiro atoms. The molecule has 112 valence electrons. The predicted octanol–water partition coefficient (Wildman–Crippen LogP) is 2.78. The van der Waals surface area contributed by atoms with Crippen LogP contribution in [-0.2, 0) is 16.4 Å². The molecule has 5 heteroatoms. The zero-order valence-corrected chi connectivity index (χ0v) is 13.3. The zero-order valence-electron chi connectivity index (χ0n) is 12.5. The third-order valence-corrected chi connectivity index (χ3v) is 5.25. The van der Waals surface area contributed by atoms with E-state index in [1.807, 2.05) is 25.3 Å². The van der Waals surface area contributed by atoms with Gasteiger partial charge in [-0.1, -0.05) is 18.2 Å². The van der Waals surface area contributed by atoms with Gasteiger partial charge in [0.05, 0.1) is 4.90 Å². The SMILES string of the molecule is CCn1c(C)cc(C(=O)CS(=O)(=O)c2ccccc2)c1C. The number of ketones is 1. The Hall–Kier alpha value is -1.88. The van der Waals surface area contributed by atoms with E-state index in [9.17, 15) is 13.2 Å². The number of nitrogens with zero attached hydrogens (tertiary/aromatic N) is 1. The Bertz CT molecular complexity index is 758. The van der Waals surface area contributed by atoms with Crippen LogP contribution < -0.4 is 0 Å². The molecule has 1 aromatic heterocycles. The number of carbonyl (C=O) groups excluding carboxylic acids is 1. The first-order valence-electron chi connectivity index (χ1n) is 6.84. The monoisotopic (exact) mass is 305 g/mol. The smallest absolute Gasteiger partial charge is 0.185 e. The first-order valence-corrected chi connectivity index (χ1v) is 8.49. The van der Waals surface area contributed by atoms with Crippen LogP contribution in [0.4, 0.5) is 0 Å². The predicted molar refractivity (Wildman–Crippen MR) is 82.4 cm³/mol. The maximum Gasteiger partial charge on any atom is 0.185 e. The van der Waals surface area contributed by atoms with Gasteiger partial charge in [-0.2, -0.15) is 0 Å². The van der Waals surface area contributed by atoms with Crippen molar-refractivity contribution < 1.29 is 13.2 Å². The van der Waals surface area contributed by atoms with E-state index in [1.165, 1.54) is 12.1 Å². The van der Waals surface area contributed by atoms with E-state index in [2.05, 4.69) is 0 Å². The van der Waals surface area contributed by atoms with Crippen molar-refractivity contribution in [2.45, 2.75) is 32.2 Å². The molecule has 0 fully saturated rings. The van der Waals surface area contributed by atoms with Crippen molar-refractivity contribution >= 4 is 15.6 Å². The molecule has 0 N–H and O–H groups in total. The number of hydrogen-bond acceptors (Lipinski definition) is 3. The number of carbonyl (C=O) groups is 1. The fraction of sp³-hybridized carbons (Fsp3) is 0.312. The van der Waals surface area contributed by atoms with Crippen molar-refractivity contribution in [3.05, 3.63) is 53.3 Å². The highest BCUT2D eigenvalue weighted by Gasteiger charge is 2.23. The van der Waals surface area contributed by atoms with Crippen LogP contribution >= 0.6 is 0 Å². The van der Waals surface area contributed by atoms with Crippen molar-refractivity contribution in [1.82, 2.24) is 4.57 Å². The molecule has 0 aliphatic carbocycles. The highest BCUT2D eigenvalue weighted by molar-refractivity contribution is 7.92. The Morgan fingerprint density at radius 1 is 1.14 bits per heavy atom. The lowest BCUT2D eigenvalue weighted by Crippen LogP contribution is -2.17. The van der Waals surface area contributed by atoms with Crippen molar-refractivity contribution in [2.75, 3.05) is 5.75 Å². The molecule has 0 radical (unpaired) electrons. The maximum atomic E-state index is 12.3. The molecule has 0 bridgehead atoms. The summed E-state index contributed by atoms with van der Waals surface area (Å²) >= 11 is 0. The molecule has 0 atom stereocenters. The lowest BCUT2D eigenvalue weighted by molar-refractivity contribution is 0.102. The molecule has 4 nitrogen and oxygen atoms in total. The molecule has 0 saturated carbocycles. The largest absolute Gasteiger partial charge is 0.349 e. The molecule has 0 aliphatic rings. The molecule has 2 rings (SSSR count). The minimum atomic E-state index is -3.59. The van der Waals surface area contributed by atoms with E-state index >= 15 is 0 Å². The fourth-order valence-corrected chi connectivity index (χ4v) is 3.77.